The Morgan fingerprint density at radius 2 is 1.92 bits per heavy atom. The van der Waals surface area contributed by atoms with Gasteiger partial charge < -0.3 is 10.2 Å². The predicted molar refractivity (Wildman–Crippen MR) is 100 cm³/mol. The molecule has 1 saturated carbocycles. The van der Waals surface area contributed by atoms with Gasteiger partial charge in [0.15, 0.2) is 0 Å². The lowest BCUT2D eigenvalue weighted by molar-refractivity contribution is 0.306. The predicted octanol–water partition coefficient (Wildman–Crippen LogP) is 2.84. The number of rotatable bonds is 9. The summed E-state index contributed by atoms with van der Waals surface area (Å²) in [6.45, 7) is 3.97. The molecule has 3 rings (SSSR count). The average molecular weight is 327 g/mol. The Hall–Kier alpha value is -1.72. The largest absolute Gasteiger partial charge is 0.369 e. The zero-order valence-electron chi connectivity index (χ0n) is 15.1. The third kappa shape index (κ3) is 4.89. The van der Waals surface area contributed by atoms with Crippen LogP contribution >= 0.6 is 0 Å². The van der Waals surface area contributed by atoms with Gasteiger partial charge in [-0.3, -0.25) is 4.90 Å². The van der Waals surface area contributed by atoms with Crippen LogP contribution in [0.2, 0.25) is 0 Å². The summed E-state index contributed by atoms with van der Waals surface area (Å²) < 4.78 is 0. The topological polar surface area (TPSA) is 44.3 Å². The number of nitrogens with one attached hydrogen (secondary N) is 1. The van der Waals surface area contributed by atoms with Gasteiger partial charge in [0.2, 0.25) is 0 Å². The lowest BCUT2D eigenvalue weighted by Gasteiger charge is -2.17. The van der Waals surface area contributed by atoms with Crippen molar-refractivity contribution in [3.8, 4) is 0 Å². The SMILES string of the molecule is CN(C)CCCNc1nc(CN(C)CC2CC2)nc2ccccc12. The van der Waals surface area contributed by atoms with Gasteiger partial charge in [-0.2, -0.15) is 0 Å². The Balaban J connectivity index is 1.72. The van der Waals surface area contributed by atoms with Crippen molar-refractivity contribution < 1.29 is 0 Å². The van der Waals surface area contributed by atoms with Gasteiger partial charge in [-0.15, -0.1) is 0 Å². The summed E-state index contributed by atoms with van der Waals surface area (Å²) in [7, 11) is 6.38. The van der Waals surface area contributed by atoms with Crippen LogP contribution in [0.15, 0.2) is 24.3 Å². The van der Waals surface area contributed by atoms with E-state index >= 15 is 0 Å². The van der Waals surface area contributed by atoms with Gasteiger partial charge >= 0.3 is 0 Å². The van der Waals surface area contributed by atoms with Crippen molar-refractivity contribution in [3.05, 3.63) is 30.1 Å². The van der Waals surface area contributed by atoms with E-state index in [-0.39, 0.29) is 0 Å². The highest BCUT2D eigenvalue weighted by Gasteiger charge is 2.23. The zero-order chi connectivity index (χ0) is 16.9. The summed E-state index contributed by atoms with van der Waals surface area (Å²) in [5, 5.41) is 4.62. The molecule has 0 atom stereocenters. The third-order valence-electron chi connectivity index (χ3n) is 4.40. The molecule has 1 aromatic heterocycles. The van der Waals surface area contributed by atoms with E-state index in [9.17, 15) is 0 Å². The molecule has 1 heterocycles. The Bertz CT molecular complexity index is 666. The Morgan fingerprint density at radius 3 is 2.67 bits per heavy atom. The Labute approximate surface area is 145 Å². The number of para-hydroxylation sites is 1. The maximum Gasteiger partial charge on any atom is 0.145 e. The summed E-state index contributed by atoms with van der Waals surface area (Å²) in [5.41, 5.74) is 1.03. The van der Waals surface area contributed by atoms with Crippen LogP contribution in [0.1, 0.15) is 25.1 Å². The van der Waals surface area contributed by atoms with Gasteiger partial charge in [-0.1, -0.05) is 12.1 Å². The standard InChI is InChI=1S/C19H29N5/c1-23(2)12-6-11-20-19-16-7-4-5-8-17(16)21-18(22-19)14-24(3)13-15-9-10-15/h4-5,7-8,15H,6,9-14H2,1-3H3,(H,20,21,22). The molecule has 1 N–H and O–H groups in total. The number of hydrogen-bond donors (Lipinski definition) is 1. The van der Waals surface area contributed by atoms with Crippen molar-refractivity contribution in [2.24, 2.45) is 5.92 Å². The summed E-state index contributed by atoms with van der Waals surface area (Å²) in [4.78, 5) is 14.1. The second-order valence-electron chi connectivity index (χ2n) is 7.23. The van der Waals surface area contributed by atoms with Gasteiger partial charge in [-0.05, 0) is 65.0 Å². The van der Waals surface area contributed by atoms with Crippen LogP contribution in [0.4, 0.5) is 5.82 Å². The van der Waals surface area contributed by atoms with E-state index in [1.165, 1.54) is 12.8 Å². The lowest BCUT2D eigenvalue weighted by atomic mass is 10.2. The molecule has 0 amide bonds. The molecule has 1 aliphatic carbocycles. The van der Waals surface area contributed by atoms with Crippen LogP contribution in [-0.4, -0.2) is 60.5 Å². The van der Waals surface area contributed by atoms with Crippen LogP contribution < -0.4 is 5.32 Å². The normalized spacial score (nSPS) is 14.7. The number of benzene rings is 1. The van der Waals surface area contributed by atoms with E-state index in [2.05, 4.69) is 54.5 Å². The highest BCUT2D eigenvalue weighted by Crippen LogP contribution is 2.29. The molecule has 5 heteroatoms. The van der Waals surface area contributed by atoms with Crippen molar-refractivity contribution in [1.29, 1.82) is 0 Å². The number of nitrogens with zero attached hydrogens (tertiary/aromatic N) is 4. The van der Waals surface area contributed by atoms with Crippen molar-refractivity contribution in [2.75, 3.05) is 46.1 Å². The first-order valence-corrected chi connectivity index (χ1v) is 8.94. The van der Waals surface area contributed by atoms with E-state index in [4.69, 9.17) is 9.97 Å². The molecule has 0 saturated heterocycles. The van der Waals surface area contributed by atoms with Gasteiger partial charge in [0.25, 0.3) is 0 Å². The molecule has 0 spiro atoms. The third-order valence-corrected chi connectivity index (χ3v) is 4.40. The maximum atomic E-state index is 4.81. The summed E-state index contributed by atoms with van der Waals surface area (Å²) in [6, 6.07) is 8.27. The van der Waals surface area contributed by atoms with E-state index in [1.807, 2.05) is 6.07 Å². The van der Waals surface area contributed by atoms with Gasteiger partial charge in [0, 0.05) is 18.5 Å². The molecule has 1 aliphatic rings. The maximum absolute atomic E-state index is 4.81. The second kappa shape index (κ2) is 7.90. The number of aromatic nitrogens is 2. The quantitative estimate of drug-likeness (QED) is 0.718. The summed E-state index contributed by atoms with van der Waals surface area (Å²) in [6.07, 6.45) is 3.85. The minimum absolute atomic E-state index is 0.813. The molecule has 0 radical (unpaired) electrons. The second-order valence-corrected chi connectivity index (χ2v) is 7.23. The fourth-order valence-electron chi connectivity index (χ4n) is 2.98. The average Bonchev–Trinajstić information content (AvgIpc) is 3.35. The summed E-state index contributed by atoms with van der Waals surface area (Å²) in [5.74, 6) is 2.76. The first-order valence-electron chi connectivity index (χ1n) is 8.94. The van der Waals surface area contributed by atoms with Crippen LogP contribution in [0.5, 0.6) is 0 Å². The van der Waals surface area contributed by atoms with E-state index in [0.29, 0.717) is 0 Å². The van der Waals surface area contributed by atoms with Gasteiger partial charge in [-0.25, -0.2) is 9.97 Å². The summed E-state index contributed by atoms with van der Waals surface area (Å²) >= 11 is 0. The molecule has 0 bridgehead atoms. The van der Waals surface area contributed by atoms with Gasteiger partial charge in [0.05, 0.1) is 12.1 Å². The Kier molecular flexibility index (Phi) is 5.63. The van der Waals surface area contributed by atoms with Gasteiger partial charge in [0.1, 0.15) is 11.6 Å². The van der Waals surface area contributed by atoms with Crippen molar-refractivity contribution >= 4 is 16.7 Å². The van der Waals surface area contributed by atoms with E-state index < -0.39 is 0 Å². The van der Waals surface area contributed by atoms with Crippen LogP contribution in [0.3, 0.4) is 0 Å². The fraction of sp³-hybridized carbons (Fsp3) is 0.579. The van der Waals surface area contributed by atoms with E-state index in [1.54, 1.807) is 0 Å². The molecule has 130 valence electrons. The molecule has 24 heavy (non-hydrogen) atoms. The first kappa shape index (κ1) is 17.1. The smallest absolute Gasteiger partial charge is 0.145 e. The van der Waals surface area contributed by atoms with Crippen molar-refractivity contribution in [3.63, 3.8) is 0 Å². The minimum atomic E-state index is 0.813. The van der Waals surface area contributed by atoms with E-state index in [0.717, 1.165) is 61.1 Å². The van der Waals surface area contributed by atoms with Crippen LogP contribution in [0, 0.1) is 5.92 Å². The molecule has 0 unspecified atom stereocenters. The highest BCUT2D eigenvalue weighted by atomic mass is 15.1. The minimum Gasteiger partial charge on any atom is -0.369 e. The number of anilines is 1. The van der Waals surface area contributed by atoms with Crippen LogP contribution in [0.25, 0.3) is 10.9 Å². The molecule has 0 aliphatic heterocycles. The number of hydrogen-bond acceptors (Lipinski definition) is 5. The molecule has 5 nitrogen and oxygen atoms in total. The number of fused-ring (bicyclic) bond motifs is 1. The molecule has 1 aromatic carbocycles. The monoisotopic (exact) mass is 327 g/mol. The zero-order valence-corrected chi connectivity index (χ0v) is 15.1. The fourth-order valence-corrected chi connectivity index (χ4v) is 2.98. The molecule has 1 fully saturated rings. The molecular formula is C19H29N5. The van der Waals surface area contributed by atoms with Crippen LogP contribution in [-0.2, 0) is 6.54 Å². The highest BCUT2D eigenvalue weighted by molar-refractivity contribution is 5.88. The lowest BCUT2D eigenvalue weighted by Crippen LogP contribution is -2.22. The molecule has 2 aromatic rings. The van der Waals surface area contributed by atoms with Crippen molar-refractivity contribution in [1.82, 2.24) is 19.8 Å². The Morgan fingerprint density at radius 1 is 1.12 bits per heavy atom. The first-order chi connectivity index (χ1) is 11.6. The van der Waals surface area contributed by atoms with Crippen molar-refractivity contribution in [2.45, 2.75) is 25.8 Å². The molecular weight excluding hydrogens is 298 g/mol.